The number of alkyl halides is 1. The average molecular weight is 443 g/mol. The molecule has 3 rings (SSSR count). The van der Waals surface area contributed by atoms with Crippen molar-refractivity contribution in [3.8, 4) is 11.8 Å². The van der Waals surface area contributed by atoms with Crippen molar-refractivity contribution >= 4 is 28.9 Å². The quantitative estimate of drug-likeness (QED) is 0.320. The topological polar surface area (TPSA) is 57.5 Å². The number of aliphatic hydroxyl groups is 1. The zero-order valence-electron chi connectivity index (χ0n) is 16.9. The number of thiophene rings is 1. The van der Waals surface area contributed by atoms with Gasteiger partial charge in [0.2, 0.25) is 0 Å². The summed E-state index contributed by atoms with van der Waals surface area (Å²) < 4.78 is 0. The minimum Gasteiger partial charge on any atom is -0.477 e. The van der Waals surface area contributed by atoms with Gasteiger partial charge in [0, 0.05) is 10.9 Å². The molecule has 0 radical (unpaired) electrons. The molecule has 0 bridgehead atoms. The maximum absolute atomic E-state index is 11.3. The molecule has 0 unspecified atom stereocenters. The van der Waals surface area contributed by atoms with Crippen molar-refractivity contribution in [2.45, 2.75) is 50.0 Å². The molecule has 1 aliphatic carbocycles. The van der Waals surface area contributed by atoms with Gasteiger partial charge in [0.25, 0.3) is 0 Å². The van der Waals surface area contributed by atoms with E-state index in [0.29, 0.717) is 17.7 Å². The number of benzene rings is 1. The van der Waals surface area contributed by atoms with Crippen molar-refractivity contribution in [1.82, 2.24) is 0 Å². The van der Waals surface area contributed by atoms with E-state index in [-0.39, 0.29) is 17.2 Å². The first kappa shape index (κ1) is 22.6. The van der Waals surface area contributed by atoms with Gasteiger partial charge in [0.05, 0.1) is 12.0 Å². The fraction of sp³-hybridized carbons (Fsp3) is 0.400. The number of hydrogen-bond donors (Lipinski definition) is 2. The van der Waals surface area contributed by atoms with Crippen molar-refractivity contribution in [3.63, 3.8) is 0 Å². The minimum atomic E-state index is -0.870. The lowest BCUT2D eigenvalue weighted by Gasteiger charge is -2.18. The molecule has 1 fully saturated rings. The van der Waals surface area contributed by atoms with Gasteiger partial charge < -0.3 is 10.2 Å². The van der Waals surface area contributed by atoms with Gasteiger partial charge in [-0.25, -0.2) is 4.79 Å². The molecule has 0 saturated heterocycles. The summed E-state index contributed by atoms with van der Waals surface area (Å²) in [5, 5.41) is 21.5. The average Bonchev–Trinajstić information content (AvgIpc) is 3.30. The highest BCUT2D eigenvalue weighted by Gasteiger charge is 2.40. The zero-order chi connectivity index (χ0) is 21.5. The van der Waals surface area contributed by atoms with Gasteiger partial charge in [0.1, 0.15) is 4.88 Å². The van der Waals surface area contributed by atoms with Crippen molar-refractivity contribution in [1.29, 1.82) is 0 Å². The van der Waals surface area contributed by atoms with Crippen LogP contribution in [-0.2, 0) is 12.8 Å². The van der Waals surface area contributed by atoms with Gasteiger partial charge in [-0.15, -0.1) is 29.5 Å². The fourth-order valence-electron chi connectivity index (χ4n) is 4.11. The van der Waals surface area contributed by atoms with Crippen LogP contribution in [0.5, 0.6) is 0 Å². The number of rotatable bonds is 8. The Labute approximate surface area is 187 Å². The number of aromatic carboxylic acids is 1. The SMILES string of the molecule is C=CCCc1cccc(C#C[C@@H]2[C@@H](CCCc3ccsc3C(=O)O)[C@H](Cl)C[C@H]2O)c1. The predicted octanol–water partition coefficient (Wildman–Crippen LogP) is 5.54. The Morgan fingerprint density at radius 1 is 1.33 bits per heavy atom. The summed E-state index contributed by atoms with van der Waals surface area (Å²) in [6.07, 6.45) is 6.15. The second-order valence-electron chi connectivity index (χ2n) is 7.78. The molecule has 30 heavy (non-hydrogen) atoms. The van der Waals surface area contributed by atoms with E-state index in [2.05, 4.69) is 30.6 Å². The molecule has 0 amide bonds. The Morgan fingerprint density at radius 2 is 2.17 bits per heavy atom. The summed E-state index contributed by atoms with van der Waals surface area (Å²) in [6.45, 7) is 3.77. The number of carbonyl (C=O) groups is 1. The number of hydrogen-bond acceptors (Lipinski definition) is 3. The monoisotopic (exact) mass is 442 g/mol. The highest BCUT2D eigenvalue weighted by atomic mass is 35.5. The second-order valence-corrected chi connectivity index (χ2v) is 9.25. The van der Waals surface area contributed by atoms with Crippen LogP contribution in [0.1, 0.15) is 52.0 Å². The molecule has 1 aliphatic rings. The molecule has 1 aromatic carbocycles. The molecule has 5 heteroatoms. The summed E-state index contributed by atoms with van der Waals surface area (Å²) >= 11 is 7.81. The Morgan fingerprint density at radius 3 is 2.93 bits per heavy atom. The Kier molecular flexibility index (Phi) is 8.16. The molecular formula is C25H27ClO3S. The number of carboxylic acid groups (broad SMARTS) is 1. The van der Waals surface area contributed by atoms with Crippen molar-refractivity contribution in [2.24, 2.45) is 11.8 Å². The summed E-state index contributed by atoms with van der Waals surface area (Å²) in [6, 6.07) is 10.1. The van der Waals surface area contributed by atoms with Crippen LogP contribution >= 0.6 is 22.9 Å². The van der Waals surface area contributed by atoms with Gasteiger partial charge >= 0.3 is 5.97 Å². The van der Waals surface area contributed by atoms with E-state index in [1.165, 1.54) is 16.9 Å². The molecule has 0 aliphatic heterocycles. The lowest BCUT2D eigenvalue weighted by molar-refractivity contribution is 0.0701. The lowest BCUT2D eigenvalue weighted by Crippen LogP contribution is -2.19. The Balaban J connectivity index is 1.65. The number of carboxylic acids is 1. The van der Waals surface area contributed by atoms with Crippen LogP contribution in [0.15, 0.2) is 48.4 Å². The van der Waals surface area contributed by atoms with Crippen LogP contribution in [0.2, 0.25) is 0 Å². The van der Waals surface area contributed by atoms with Crippen LogP contribution in [0.4, 0.5) is 0 Å². The second kappa shape index (κ2) is 10.8. The van der Waals surface area contributed by atoms with E-state index >= 15 is 0 Å². The molecule has 2 N–H and O–H groups in total. The molecule has 1 aromatic heterocycles. The van der Waals surface area contributed by atoms with E-state index in [0.717, 1.165) is 36.8 Å². The lowest BCUT2D eigenvalue weighted by atomic mass is 9.89. The molecule has 1 heterocycles. The standard InChI is InChI=1S/C25H27ClO3S/c1-2-3-6-17-7-4-8-18(15-17)11-12-21-20(22(26)16-23(21)27)10-5-9-19-13-14-30-24(19)25(28)29/h2,4,7-8,13-15,20-23,27H,1,3,5-6,9-10,16H2,(H,28,29)/t20-,21-,22-,23-/m1/s1. The summed E-state index contributed by atoms with van der Waals surface area (Å²) in [5.41, 5.74) is 3.05. The normalized spacial score (nSPS) is 23.0. The van der Waals surface area contributed by atoms with Crippen molar-refractivity contribution < 1.29 is 15.0 Å². The van der Waals surface area contributed by atoms with Gasteiger partial charge in [-0.1, -0.05) is 30.0 Å². The number of halogens is 1. The van der Waals surface area contributed by atoms with E-state index in [4.69, 9.17) is 11.6 Å². The predicted molar refractivity (Wildman–Crippen MR) is 123 cm³/mol. The van der Waals surface area contributed by atoms with E-state index in [9.17, 15) is 15.0 Å². The third kappa shape index (κ3) is 5.76. The molecule has 4 atom stereocenters. The Hall–Kier alpha value is -2.06. The maximum atomic E-state index is 11.3. The van der Waals surface area contributed by atoms with Crippen LogP contribution in [0.25, 0.3) is 0 Å². The first-order valence-corrected chi connectivity index (χ1v) is 11.6. The highest BCUT2D eigenvalue weighted by molar-refractivity contribution is 7.12. The van der Waals surface area contributed by atoms with Crippen LogP contribution in [0.3, 0.4) is 0 Å². The van der Waals surface area contributed by atoms with E-state index in [1.807, 2.05) is 29.7 Å². The first-order valence-electron chi connectivity index (χ1n) is 10.3. The number of aryl methyl sites for hydroxylation is 2. The maximum Gasteiger partial charge on any atom is 0.346 e. The van der Waals surface area contributed by atoms with Crippen molar-refractivity contribution in [2.75, 3.05) is 0 Å². The largest absolute Gasteiger partial charge is 0.477 e. The van der Waals surface area contributed by atoms with Crippen molar-refractivity contribution in [3.05, 3.63) is 69.9 Å². The van der Waals surface area contributed by atoms with Gasteiger partial charge in [-0.3, -0.25) is 0 Å². The van der Waals surface area contributed by atoms with Crippen LogP contribution in [-0.4, -0.2) is 27.7 Å². The Bertz CT molecular complexity index is 939. The smallest absolute Gasteiger partial charge is 0.346 e. The molecular weight excluding hydrogens is 416 g/mol. The molecule has 158 valence electrons. The molecule has 1 saturated carbocycles. The van der Waals surface area contributed by atoms with Crippen LogP contribution in [0, 0.1) is 23.7 Å². The summed E-state index contributed by atoms with van der Waals surface area (Å²) in [7, 11) is 0. The van der Waals surface area contributed by atoms with Gasteiger partial charge in [-0.2, -0.15) is 0 Å². The summed E-state index contributed by atoms with van der Waals surface area (Å²) in [5.74, 6) is 5.60. The third-order valence-corrected chi connectivity index (χ3v) is 7.13. The van der Waals surface area contributed by atoms with Gasteiger partial charge in [-0.05, 0) is 79.1 Å². The minimum absolute atomic E-state index is 0.102. The van der Waals surface area contributed by atoms with E-state index < -0.39 is 12.1 Å². The summed E-state index contributed by atoms with van der Waals surface area (Å²) in [4.78, 5) is 11.7. The third-order valence-electron chi connectivity index (χ3n) is 5.68. The number of aliphatic hydroxyl groups excluding tert-OH is 1. The molecule has 2 aromatic rings. The van der Waals surface area contributed by atoms with Crippen LogP contribution < -0.4 is 0 Å². The number of allylic oxidation sites excluding steroid dienone is 1. The molecule has 3 nitrogen and oxygen atoms in total. The van der Waals surface area contributed by atoms with E-state index in [1.54, 1.807) is 0 Å². The van der Waals surface area contributed by atoms with Gasteiger partial charge in [0.15, 0.2) is 0 Å². The molecule has 0 spiro atoms. The highest BCUT2D eigenvalue weighted by Crippen LogP contribution is 2.39. The zero-order valence-corrected chi connectivity index (χ0v) is 18.5. The first-order chi connectivity index (χ1) is 14.5. The fourth-order valence-corrected chi connectivity index (χ4v) is 5.37.